The molecule has 7 heteroatoms. The first-order valence-electron chi connectivity index (χ1n) is 10.7. The molecule has 1 atom stereocenters. The highest BCUT2D eigenvalue weighted by Gasteiger charge is 2.42. The minimum Gasteiger partial charge on any atom is -0.342 e. The number of nitrogens with one attached hydrogen (secondary N) is 2. The van der Waals surface area contributed by atoms with E-state index in [0.717, 1.165) is 45.6 Å². The van der Waals surface area contributed by atoms with Crippen molar-refractivity contribution in [3.63, 3.8) is 0 Å². The Morgan fingerprint density at radius 1 is 1.06 bits per heavy atom. The molecule has 5 rings (SSSR count). The number of aromatic amines is 1. The number of carbonyl (C=O) groups is 1. The number of nitro benzene ring substituents is 1. The van der Waals surface area contributed by atoms with Gasteiger partial charge in [-0.05, 0) is 36.5 Å². The van der Waals surface area contributed by atoms with Gasteiger partial charge in [-0.2, -0.15) is 5.10 Å². The Bertz CT molecular complexity index is 1270. The lowest BCUT2D eigenvalue weighted by Crippen LogP contribution is -2.33. The van der Waals surface area contributed by atoms with Gasteiger partial charge in [-0.15, -0.1) is 0 Å². The molecule has 1 aliphatic heterocycles. The molecule has 0 saturated carbocycles. The number of hydrogen-bond acceptors (Lipinski definition) is 5. The molecule has 0 fully saturated rings. The number of nitrogens with zero attached hydrogens (tertiary/aromatic N) is 2. The number of anilines is 1. The topological polar surface area (TPSA) is 101 Å². The minimum absolute atomic E-state index is 0.0324. The number of non-ortho nitro benzene ring substituents is 1. The highest BCUT2D eigenvalue weighted by molar-refractivity contribution is 6.02. The average molecular weight is 428 g/mol. The highest BCUT2D eigenvalue weighted by atomic mass is 16.6. The summed E-state index contributed by atoms with van der Waals surface area (Å²) < 4.78 is 0. The van der Waals surface area contributed by atoms with E-state index in [9.17, 15) is 14.9 Å². The summed E-state index contributed by atoms with van der Waals surface area (Å²) >= 11 is 0. The third kappa shape index (κ3) is 3.30. The number of allylic oxidation sites excluding steroid dienone is 2. The van der Waals surface area contributed by atoms with Crippen molar-refractivity contribution in [1.82, 2.24) is 10.2 Å². The van der Waals surface area contributed by atoms with E-state index >= 15 is 0 Å². The zero-order valence-electron chi connectivity index (χ0n) is 18.2. The minimum atomic E-state index is -0.414. The number of nitro groups is 1. The number of benzene rings is 2. The molecule has 0 unspecified atom stereocenters. The number of carbonyl (C=O) groups excluding carboxylic acids is 1. The summed E-state index contributed by atoms with van der Waals surface area (Å²) in [5.74, 6) is 0.596. The van der Waals surface area contributed by atoms with E-state index < -0.39 is 4.92 Å². The molecule has 0 saturated heterocycles. The molecule has 162 valence electrons. The number of ketones is 1. The number of rotatable bonds is 3. The molecule has 2 aromatic carbocycles. The summed E-state index contributed by atoms with van der Waals surface area (Å²) in [4.78, 5) is 24.1. The van der Waals surface area contributed by atoms with Crippen molar-refractivity contribution in [1.29, 1.82) is 0 Å². The van der Waals surface area contributed by atoms with Gasteiger partial charge in [-0.3, -0.25) is 20.0 Å². The van der Waals surface area contributed by atoms with Gasteiger partial charge in [0.2, 0.25) is 0 Å². The summed E-state index contributed by atoms with van der Waals surface area (Å²) in [6, 6.07) is 14.7. The lowest BCUT2D eigenvalue weighted by atomic mass is 9.69. The van der Waals surface area contributed by atoms with Crippen molar-refractivity contribution < 1.29 is 9.72 Å². The van der Waals surface area contributed by atoms with Crippen molar-refractivity contribution in [3.05, 3.63) is 86.6 Å². The molecular weight excluding hydrogens is 404 g/mol. The fourth-order valence-electron chi connectivity index (χ4n) is 4.86. The first kappa shape index (κ1) is 20.2. The van der Waals surface area contributed by atoms with E-state index in [1.807, 2.05) is 6.92 Å². The van der Waals surface area contributed by atoms with Crippen molar-refractivity contribution in [2.24, 2.45) is 5.41 Å². The second-order valence-corrected chi connectivity index (χ2v) is 9.47. The molecule has 7 nitrogen and oxygen atoms in total. The van der Waals surface area contributed by atoms with Crippen LogP contribution in [0.2, 0.25) is 0 Å². The Balaban J connectivity index is 1.70. The number of aryl methyl sites for hydroxylation is 1. The van der Waals surface area contributed by atoms with Crippen LogP contribution in [-0.2, 0) is 4.79 Å². The van der Waals surface area contributed by atoms with Crippen LogP contribution >= 0.6 is 0 Å². The van der Waals surface area contributed by atoms with Crippen molar-refractivity contribution >= 4 is 17.3 Å². The Hall–Kier alpha value is -3.74. The van der Waals surface area contributed by atoms with E-state index in [0.29, 0.717) is 12.2 Å². The molecule has 32 heavy (non-hydrogen) atoms. The Morgan fingerprint density at radius 2 is 1.75 bits per heavy atom. The lowest BCUT2D eigenvalue weighted by Gasteiger charge is -2.38. The van der Waals surface area contributed by atoms with Gasteiger partial charge in [0, 0.05) is 46.9 Å². The van der Waals surface area contributed by atoms with Gasteiger partial charge in [0.15, 0.2) is 11.6 Å². The van der Waals surface area contributed by atoms with E-state index in [1.165, 1.54) is 12.1 Å². The molecule has 0 bridgehead atoms. The number of aromatic nitrogens is 2. The zero-order chi connectivity index (χ0) is 22.6. The largest absolute Gasteiger partial charge is 0.342 e. The van der Waals surface area contributed by atoms with Crippen LogP contribution < -0.4 is 5.32 Å². The lowest BCUT2D eigenvalue weighted by molar-refractivity contribution is -0.384. The van der Waals surface area contributed by atoms with Crippen LogP contribution in [-0.4, -0.2) is 20.9 Å². The third-order valence-electron chi connectivity index (χ3n) is 6.35. The maximum Gasteiger partial charge on any atom is 0.269 e. The Labute approximate surface area is 185 Å². The van der Waals surface area contributed by atoms with Crippen LogP contribution in [0.15, 0.2) is 59.8 Å². The number of fused-ring (bicyclic) bond motifs is 1. The zero-order valence-corrected chi connectivity index (χ0v) is 18.2. The number of H-pyrrole nitrogens is 1. The summed E-state index contributed by atoms with van der Waals surface area (Å²) in [7, 11) is 0. The van der Waals surface area contributed by atoms with Crippen molar-refractivity contribution in [3.8, 4) is 11.3 Å². The van der Waals surface area contributed by atoms with Crippen molar-refractivity contribution in [2.45, 2.75) is 39.5 Å². The highest BCUT2D eigenvalue weighted by Crippen LogP contribution is 2.50. The maximum absolute atomic E-state index is 13.4. The van der Waals surface area contributed by atoms with Crippen LogP contribution in [0.1, 0.15) is 49.3 Å². The average Bonchev–Trinajstić information content (AvgIpc) is 3.15. The fraction of sp³-hybridized carbons (Fsp3) is 0.280. The SMILES string of the molecule is Cc1ccc([C@@H]2C3=C(CC(C)(C)CC3=O)Nc3n[nH]c(-c4ccc([N+](=O)[O-])cc4)c32)cc1. The fourth-order valence-corrected chi connectivity index (χ4v) is 4.86. The van der Waals surface area contributed by atoms with Crippen LogP contribution in [0, 0.1) is 22.5 Å². The molecule has 2 aliphatic rings. The van der Waals surface area contributed by atoms with Gasteiger partial charge in [-0.25, -0.2) is 0 Å². The van der Waals surface area contributed by atoms with E-state index in [4.69, 9.17) is 0 Å². The second-order valence-electron chi connectivity index (χ2n) is 9.47. The monoisotopic (exact) mass is 428 g/mol. The Morgan fingerprint density at radius 3 is 2.41 bits per heavy atom. The maximum atomic E-state index is 13.4. The van der Waals surface area contributed by atoms with Gasteiger partial charge in [0.25, 0.3) is 5.69 Å². The van der Waals surface area contributed by atoms with E-state index in [2.05, 4.69) is 53.6 Å². The normalized spacial score (nSPS) is 19.2. The first-order valence-corrected chi connectivity index (χ1v) is 10.7. The van der Waals surface area contributed by atoms with Crippen LogP contribution in [0.4, 0.5) is 11.5 Å². The van der Waals surface area contributed by atoms with Gasteiger partial charge in [0.1, 0.15) is 0 Å². The van der Waals surface area contributed by atoms with Gasteiger partial charge in [-0.1, -0.05) is 43.7 Å². The molecule has 0 radical (unpaired) electrons. The Kier molecular flexibility index (Phi) is 4.51. The van der Waals surface area contributed by atoms with Crippen molar-refractivity contribution in [2.75, 3.05) is 5.32 Å². The predicted molar refractivity (Wildman–Crippen MR) is 122 cm³/mol. The third-order valence-corrected chi connectivity index (χ3v) is 6.35. The second kappa shape index (κ2) is 7.15. The number of hydrogen-bond donors (Lipinski definition) is 2. The van der Waals surface area contributed by atoms with Gasteiger partial charge in [0.05, 0.1) is 10.6 Å². The molecule has 0 amide bonds. The molecular formula is C25H24N4O3. The molecule has 1 aliphatic carbocycles. The van der Waals surface area contributed by atoms with Crippen LogP contribution in [0.3, 0.4) is 0 Å². The van der Waals surface area contributed by atoms with E-state index in [1.54, 1.807) is 12.1 Å². The number of Topliss-reactive ketones (excluding diaryl/α,β-unsaturated/α-hetero) is 1. The molecule has 0 spiro atoms. The quantitative estimate of drug-likeness (QED) is 0.424. The van der Waals surface area contributed by atoms with Gasteiger partial charge >= 0.3 is 0 Å². The van der Waals surface area contributed by atoms with Gasteiger partial charge < -0.3 is 5.32 Å². The molecule has 2 heterocycles. The summed E-state index contributed by atoms with van der Waals surface area (Å²) in [5, 5.41) is 22.1. The first-order chi connectivity index (χ1) is 15.2. The van der Waals surface area contributed by atoms with E-state index in [-0.39, 0.29) is 22.8 Å². The summed E-state index contributed by atoms with van der Waals surface area (Å²) in [6.07, 6.45) is 1.27. The summed E-state index contributed by atoms with van der Waals surface area (Å²) in [6.45, 7) is 6.26. The van der Waals surface area contributed by atoms with Crippen LogP contribution in [0.5, 0.6) is 0 Å². The summed E-state index contributed by atoms with van der Waals surface area (Å²) in [5.41, 5.74) is 6.28. The molecule has 3 aromatic rings. The predicted octanol–water partition coefficient (Wildman–Crippen LogP) is 5.49. The smallest absolute Gasteiger partial charge is 0.269 e. The van der Waals surface area contributed by atoms with Crippen LogP contribution in [0.25, 0.3) is 11.3 Å². The molecule has 1 aromatic heterocycles. The standard InChI is InChI=1S/C25H24N4O3/c1-14-4-6-15(7-5-14)20-21-18(12-25(2,3)13-19(21)30)26-24-22(20)23(27-28-24)16-8-10-17(11-9-16)29(31)32/h4-11,20H,12-13H2,1-3H3,(H2,26,27,28)/t20-/m1/s1. The molecule has 2 N–H and O–H groups in total.